The lowest BCUT2D eigenvalue weighted by atomic mass is 9.53. The molecule has 3 aliphatic rings. The predicted molar refractivity (Wildman–Crippen MR) is 144 cm³/mol. The number of ether oxygens (including phenoxy) is 4. The van der Waals surface area contributed by atoms with Gasteiger partial charge in [-0.3, -0.25) is 24.0 Å². The molecule has 0 saturated heterocycles. The summed E-state index contributed by atoms with van der Waals surface area (Å²) in [4.78, 5) is 65.3. The number of fused-ring (bicyclic) bond motifs is 2. The van der Waals surface area contributed by atoms with E-state index in [9.17, 15) is 34.2 Å². The lowest BCUT2D eigenvalue weighted by Gasteiger charge is -2.55. The molecule has 0 aliphatic heterocycles. The Morgan fingerprint density at radius 3 is 2.12 bits per heavy atom. The Morgan fingerprint density at radius 1 is 1.02 bits per heavy atom. The number of allylic oxidation sites excluding steroid dienone is 2. The van der Waals surface area contributed by atoms with Gasteiger partial charge in [0.2, 0.25) is 5.78 Å². The van der Waals surface area contributed by atoms with Crippen molar-refractivity contribution in [3.8, 4) is 0 Å². The quantitative estimate of drug-likeness (QED) is 0.247. The Labute approximate surface area is 240 Å². The van der Waals surface area contributed by atoms with Crippen molar-refractivity contribution < 1.29 is 53.1 Å². The maximum absolute atomic E-state index is 14.7. The number of esters is 4. The second-order valence-electron chi connectivity index (χ2n) is 11.9. The number of hydrogen-bond acceptors (Lipinski definition) is 11. The summed E-state index contributed by atoms with van der Waals surface area (Å²) in [7, 11) is 0. The summed E-state index contributed by atoms with van der Waals surface area (Å²) < 4.78 is 23.4. The minimum absolute atomic E-state index is 0.0356. The first-order chi connectivity index (χ1) is 19.0. The number of rotatable bonds is 8. The van der Waals surface area contributed by atoms with Crippen molar-refractivity contribution >= 4 is 29.7 Å². The largest absolute Gasteiger partial charge is 0.462 e. The molecule has 10 atom stereocenters. The molecule has 2 fully saturated rings. The number of carbonyl (C=O) groups is 5. The molecule has 3 rings (SSSR count). The van der Waals surface area contributed by atoms with Gasteiger partial charge in [0.15, 0.2) is 5.60 Å². The summed E-state index contributed by atoms with van der Waals surface area (Å²) in [6.07, 6.45) is -0.607. The van der Waals surface area contributed by atoms with Crippen molar-refractivity contribution in [3.63, 3.8) is 0 Å². The molecule has 3 aliphatic carbocycles. The Kier molecular flexibility index (Phi) is 9.25. The van der Waals surface area contributed by atoms with Crippen LogP contribution in [-0.2, 0) is 42.9 Å². The number of carbonyl (C=O) groups excluding carboxylic acids is 5. The van der Waals surface area contributed by atoms with Crippen LogP contribution in [0.25, 0.3) is 0 Å². The van der Waals surface area contributed by atoms with Gasteiger partial charge in [-0.25, -0.2) is 0 Å². The fourth-order valence-corrected chi connectivity index (χ4v) is 7.58. The second kappa shape index (κ2) is 11.7. The highest BCUT2D eigenvalue weighted by atomic mass is 16.6. The van der Waals surface area contributed by atoms with Crippen LogP contribution in [0, 0.1) is 29.1 Å². The van der Waals surface area contributed by atoms with Crippen LogP contribution in [0.2, 0.25) is 0 Å². The van der Waals surface area contributed by atoms with Crippen LogP contribution < -0.4 is 0 Å². The third kappa shape index (κ3) is 5.34. The Bertz CT molecular complexity index is 1140. The molecule has 2 N–H and O–H groups in total. The summed E-state index contributed by atoms with van der Waals surface area (Å²) in [5.74, 6) is -7.87. The highest BCUT2D eigenvalue weighted by Gasteiger charge is 2.78. The van der Waals surface area contributed by atoms with Gasteiger partial charge >= 0.3 is 23.9 Å². The van der Waals surface area contributed by atoms with E-state index in [0.717, 1.165) is 6.92 Å². The van der Waals surface area contributed by atoms with Gasteiger partial charge in [-0.15, -0.1) is 0 Å². The van der Waals surface area contributed by atoms with E-state index in [1.165, 1.54) is 26.8 Å². The molecule has 0 aromatic heterocycles. The highest BCUT2D eigenvalue weighted by Crippen LogP contribution is 2.63. The first-order valence-corrected chi connectivity index (χ1v) is 14.0. The molecule has 10 unspecified atom stereocenters. The van der Waals surface area contributed by atoms with Gasteiger partial charge in [0, 0.05) is 45.4 Å². The monoisotopic (exact) mass is 578 g/mol. The zero-order valence-corrected chi connectivity index (χ0v) is 24.8. The third-order valence-corrected chi connectivity index (χ3v) is 8.82. The normalized spacial score (nSPS) is 39.5. The standard InChI is InChI=1S/C30H42O11/c1-9-10-22(35)40-26-23-24(39-18(6)33)16(4)13-30(23,41-19(7)34)27(36)28(8,37)25-20(15(2)3)11-12-21(38-17(5)32)29(25,26)14-31/h11-12,16,20-21,23-26,31,37H,2,9-10,13-14H2,1,3-8H3. The molecule has 2 saturated carbocycles. The number of ketones is 1. The molecule has 0 aromatic carbocycles. The van der Waals surface area contributed by atoms with Crippen LogP contribution >= 0.6 is 0 Å². The van der Waals surface area contributed by atoms with Crippen molar-refractivity contribution in [3.05, 3.63) is 24.3 Å². The van der Waals surface area contributed by atoms with E-state index in [1.807, 2.05) is 0 Å². The van der Waals surface area contributed by atoms with Gasteiger partial charge in [0.05, 0.1) is 17.9 Å². The number of aliphatic hydroxyl groups is 2. The molecule has 0 radical (unpaired) electrons. The highest BCUT2D eigenvalue weighted by molar-refractivity contribution is 5.98. The molecule has 0 heterocycles. The minimum atomic E-state index is -2.35. The molecular weight excluding hydrogens is 536 g/mol. The Morgan fingerprint density at radius 2 is 1.63 bits per heavy atom. The summed E-state index contributed by atoms with van der Waals surface area (Å²) in [5.41, 5.74) is -5.82. The maximum Gasteiger partial charge on any atom is 0.306 e. The van der Waals surface area contributed by atoms with E-state index >= 15 is 0 Å². The first kappa shape index (κ1) is 32.5. The van der Waals surface area contributed by atoms with Gasteiger partial charge in [-0.2, -0.15) is 0 Å². The SMILES string of the molecule is C=C(C)C1C=CC(OC(C)=O)C2(CO)C(OC(=O)CCC)C3C(OC(C)=O)C(C)CC3(OC(C)=O)C(=O)C(C)(O)C12. The molecule has 0 amide bonds. The predicted octanol–water partition coefficient (Wildman–Crippen LogP) is 2.21. The lowest BCUT2D eigenvalue weighted by Crippen LogP contribution is -2.65. The number of aliphatic hydroxyl groups excluding tert-OH is 1. The fraction of sp³-hybridized carbons (Fsp3) is 0.700. The van der Waals surface area contributed by atoms with Crippen molar-refractivity contribution in [2.45, 2.75) is 97.2 Å². The maximum atomic E-state index is 14.7. The molecule has 11 heteroatoms. The molecule has 0 spiro atoms. The lowest BCUT2D eigenvalue weighted by molar-refractivity contribution is -0.221. The molecule has 11 nitrogen and oxygen atoms in total. The topological polar surface area (TPSA) is 163 Å². The minimum Gasteiger partial charge on any atom is -0.462 e. The van der Waals surface area contributed by atoms with Crippen molar-refractivity contribution in [2.24, 2.45) is 29.1 Å². The van der Waals surface area contributed by atoms with Crippen molar-refractivity contribution in [1.29, 1.82) is 0 Å². The number of Topliss-reactive ketones (excluding diaryl/α,β-unsaturated/α-hetero) is 1. The zero-order chi connectivity index (χ0) is 31.1. The average molecular weight is 579 g/mol. The van der Waals surface area contributed by atoms with E-state index in [-0.39, 0.29) is 12.8 Å². The summed E-state index contributed by atoms with van der Waals surface area (Å²) >= 11 is 0. The van der Waals surface area contributed by atoms with Crippen LogP contribution in [0.15, 0.2) is 24.3 Å². The van der Waals surface area contributed by atoms with Crippen LogP contribution in [0.1, 0.15) is 67.7 Å². The average Bonchev–Trinajstić information content (AvgIpc) is 3.09. The van der Waals surface area contributed by atoms with Gasteiger partial charge in [-0.05, 0) is 32.3 Å². The Hall–Kier alpha value is -3.05. The van der Waals surface area contributed by atoms with E-state index in [2.05, 4.69) is 6.58 Å². The van der Waals surface area contributed by atoms with Crippen LogP contribution in [0.4, 0.5) is 0 Å². The summed E-state index contributed by atoms with van der Waals surface area (Å²) in [5, 5.41) is 23.7. The smallest absolute Gasteiger partial charge is 0.306 e. The first-order valence-electron chi connectivity index (χ1n) is 14.0. The van der Waals surface area contributed by atoms with Crippen LogP contribution in [0.3, 0.4) is 0 Å². The van der Waals surface area contributed by atoms with E-state index in [0.29, 0.717) is 12.0 Å². The second-order valence-corrected chi connectivity index (χ2v) is 11.9. The number of hydrogen-bond donors (Lipinski definition) is 2. The van der Waals surface area contributed by atoms with Gasteiger partial charge in [0.25, 0.3) is 0 Å². The molecule has 0 bridgehead atoms. The van der Waals surface area contributed by atoms with E-state index in [4.69, 9.17) is 18.9 Å². The van der Waals surface area contributed by atoms with Crippen LogP contribution in [-0.4, -0.2) is 76.0 Å². The molecule has 228 valence electrons. The van der Waals surface area contributed by atoms with Gasteiger partial charge in [0.1, 0.15) is 23.9 Å². The Balaban J connectivity index is 2.54. The van der Waals surface area contributed by atoms with Gasteiger partial charge < -0.3 is 29.2 Å². The van der Waals surface area contributed by atoms with Crippen molar-refractivity contribution in [2.75, 3.05) is 6.61 Å². The molecular formula is C30H42O11. The fourth-order valence-electron chi connectivity index (χ4n) is 7.58. The van der Waals surface area contributed by atoms with E-state index in [1.54, 1.807) is 26.8 Å². The van der Waals surface area contributed by atoms with E-state index < -0.39 is 94.9 Å². The third-order valence-electron chi connectivity index (χ3n) is 8.82. The van der Waals surface area contributed by atoms with Gasteiger partial charge in [-0.1, -0.05) is 32.1 Å². The van der Waals surface area contributed by atoms with Crippen LogP contribution in [0.5, 0.6) is 0 Å². The summed E-state index contributed by atoms with van der Waals surface area (Å²) in [6.45, 7) is 13.0. The summed E-state index contributed by atoms with van der Waals surface area (Å²) in [6, 6.07) is 0. The van der Waals surface area contributed by atoms with Crippen molar-refractivity contribution in [1.82, 2.24) is 0 Å². The zero-order valence-electron chi connectivity index (χ0n) is 24.8. The molecule has 41 heavy (non-hydrogen) atoms. The molecule has 0 aromatic rings.